The van der Waals surface area contributed by atoms with E-state index in [0.29, 0.717) is 6.61 Å². The molecule has 19 heavy (non-hydrogen) atoms. The van der Waals surface area contributed by atoms with Crippen molar-refractivity contribution >= 4 is 5.97 Å². The van der Waals surface area contributed by atoms with E-state index >= 15 is 0 Å². The maximum atomic E-state index is 11.8. The highest BCUT2D eigenvalue weighted by molar-refractivity contribution is 5.88. The van der Waals surface area contributed by atoms with Crippen LogP contribution in [0.4, 0.5) is 0 Å². The summed E-state index contributed by atoms with van der Waals surface area (Å²) in [6.45, 7) is 8.83. The van der Waals surface area contributed by atoms with E-state index in [0.717, 1.165) is 24.8 Å². The van der Waals surface area contributed by atoms with E-state index in [9.17, 15) is 4.79 Å². The van der Waals surface area contributed by atoms with Gasteiger partial charge < -0.3 is 4.74 Å². The maximum Gasteiger partial charge on any atom is 0.333 e. The van der Waals surface area contributed by atoms with Gasteiger partial charge in [0.25, 0.3) is 0 Å². The van der Waals surface area contributed by atoms with Crippen molar-refractivity contribution in [1.29, 1.82) is 0 Å². The van der Waals surface area contributed by atoms with Crippen LogP contribution in [0, 0.1) is 0 Å². The molecule has 0 aromatic rings. The van der Waals surface area contributed by atoms with E-state index in [1.165, 1.54) is 44.1 Å². The zero-order valence-corrected chi connectivity index (χ0v) is 13.4. The number of allylic oxidation sites excluding steroid dienone is 1. The molecule has 0 aromatic heterocycles. The maximum absolute atomic E-state index is 11.8. The molecule has 0 bridgehead atoms. The normalized spacial score (nSPS) is 12.2. The van der Waals surface area contributed by atoms with Gasteiger partial charge in [-0.1, -0.05) is 57.9 Å². The van der Waals surface area contributed by atoms with Gasteiger partial charge in [0.1, 0.15) is 0 Å². The quantitative estimate of drug-likeness (QED) is 0.284. The van der Waals surface area contributed by atoms with Crippen molar-refractivity contribution in [2.24, 2.45) is 0 Å². The summed E-state index contributed by atoms with van der Waals surface area (Å²) in [7, 11) is 0. The molecule has 0 aromatic carbocycles. The minimum atomic E-state index is -0.128. The molecular formula is C17H32O2. The summed E-state index contributed by atoms with van der Waals surface area (Å²) in [6, 6.07) is 0. The summed E-state index contributed by atoms with van der Waals surface area (Å²) in [5.41, 5.74) is 2.00. The van der Waals surface area contributed by atoms with Crippen LogP contribution in [0.5, 0.6) is 0 Å². The number of carbonyl (C=O) groups excluding carboxylic acids is 1. The number of rotatable bonds is 11. The number of ether oxygens (including phenoxy) is 1. The van der Waals surface area contributed by atoms with E-state index < -0.39 is 0 Å². The van der Waals surface area contributed by atoms with Crippen LogP contribution in [0.2, 0.25) is 0 Å². The highest BCUT2D eigenvalue weighted by Crippen LogP contribution is 2.15. The molecule has 0 heterocycles. The van der Waals surface area contributed by atoms with Gasteiger partial charge >= 0.3 is 5.97 Å². The van der Waals surface area contributed by atoms with Crippen LogP contribution in [0.25, 0.3) is 0 Å². The first-order valence-electron chi connectivity index (χ1n) is 7.96. The fourth-order valence-corrected chi connectivity index (χ4v) is 1.95. The molecule has 0 rings (SSSR count). The molecular weight excluding hydrogens is 236 g/mol. The topological polar surface area (TPSA) is 26.3 Å². The molecule has 0 saturated heterocycles. The van der Waals surface area contributed by atoms with Gasteiger partial charge in [-0.3, -0.25) is 0 Å². The molecule has 0 fully saturated rings. The first kappa shape index (κ1) is 18.2. The van der Waals surface area contributed by atoms with E-state index in [1.807, 2.05) is 6.92 Å². The summed E-state index contributed by atoms with van der Waals surface area (Å²) in [4.78, 5) is 11.8. The molecule has 0 amide bonds. The van der Waals surface area contributed by atoms with Crippen molar-refractivity contribution in [3.63, 3.8) is 0 Å². The Labute approximate surface area is 119 Å². The Bertz CT molecular complexity index is 266. The second kappa shape index (κ2) is 12.3. The molecule has 0 aliphatic rings. The monoisotopic (exact) mass is 268 g/mol. The fourth-order valence-electron chi connectivity index (χ4n) is 1.95. The van der Waals surface area contributed by atoms with Crippen LogP contribution in [0.15, 0.2) is 11.1 Å². The Kier molecular flexibility index (Phi) is 11.7. The van der Waals surface area contributed by atoms with Crippen LogP contribution in [-0.4, -0.2) is 12.6 Å². The minimum Gasteiger partial charge on any atom is -0.462 e. The van der Waals surface area contributed by atoms with Crippen molar-refractivity contribution in [3.8, 4) is 0 Å². The predicted molar refractivity (Wildman–Crippen MR) is 82.2 cm³/mol. The Hall–Kier alpha value is -0.790. The lowest BCUT2D eigenvalue weighted by molar-refractivity contribution is -0.139. The standard InChI is InChI=1S/C17H32O2/c1-5-7-9-10-11-12-13-15(3)16(4)17(18)19-14-8-6-2/h5-14H2,1-4H3. The molecule has 0 unspecified atom stereocenters. The van der Waals surface area contributed by atoms with Gasteiger partial charge in [-0.05, 0) is 33.1 Å². The second-order valence-corrected chi connectivity index (χ2v) is 5.41. The van der Waals surface area contributed by atoms with E-state index in [1.54, 1.807) is 0 Å². The number of esters is 1. The smallest absolute Gasteiger partial charge is 0.333 e. The third kappa shape index (κ3) is 9.75. The van der Waals surface area contributed by atoms with Gasteiger partial charge in [0.05, 0.1) is 6.61 Å². The Morgan fingerprint density at radius 2 is 1.42 bits per heavy atom. The molecule has 0 saturated carbocycles. The molecule has 0 aliphatic carbocycles. The van der Waals surface area contributed by atoms with E-state index in [4.69, 9.17) is 4.74 Å². The number of hydrogen-bond acceptors (Lipinski definition) is 2. The molecule has 0 radical (unpaired) electrons. The van der Waals surface area contributed by atoms with Gasteiger partial charge in [0.15, 0.2) is 0 Å². The molecule has 0 atom stereocenters. The van der Waals surface area contributed by atoms with Gasteiger partial charge in [-0.15, -0.1) is 0 Å². The van der Waals surface area contributed by atoms with Crippen molar-refractivity contribution in [2.45, 2.75) is 85.5 Å². The van der Waals surface area contributed by atoms with Crippen molar-refractivity contribution < 1.29 is 9.53 Å². The first-order valence-corrected chi connectivity index (χ1v) is 7.96. The van der Waals surface area contributed by atoms with Crippen LogP contribution < -0.4 is 0 Å². The molecule has 112 valence electrons. The summed E-state index contributed by atoms with van der Waals surface area (Å²) in [5.74, 6) is -0.128. The zero-order valence-electron chi connectivity index (χ0n) is 13.4. The second-order valence-electron chi connectivity index (χ2n) is 5.41. The SMILES string of the molecule is CCCCCCCCC(C)=C(C)C(=O)OCCCC. The number of carbonyl (C=O) groups is 1. The van der Waals surface area contributed by atoms with Crippen LogP contribution in [-0.2, 0) is 9.53 Å². The molecule has 0 N–H and O–H groups in total. The first-order chi connectivity index (χ1) is 9.13. The number of unbranched alkanes of at least 4 members (excludes halogenated alkanes) is 6. The van der Waals surface area contributed by atoms with Gasteiger partial charge in [-0.2, -0.15) is 0 Å². The Balaban J connectivity index is 3.83. The summed E-state index contributed by atoms with van der Waals surface area (Å²) < 4.78 is 5.23. The van der Waals surface area contributed by atoms with Crippen LogP contribution in [0.3, 0.4) is 0 Å². The fraction of sp³-hybridized carbons (Fsp3) is 0.824. The molecule has 2 heteroatoms. The predicted octanol–water partition coefficient (Wildman–Crippen LogP) is 5.42. The van der Waals surface area contributed by atoms with E-state index in [-0.39, 0.29) is 5.97 Å². The number of hydrogen-bond donors (Lipinski definition) is 0. The minimum absolute atomic E-state index is 0.128. The van der Waals surface area contributed by atoms with Gasteiger partial charge in [-0.25, -0.2) is 4.79 Å². The van der Waals surface area contributed by atoms with Crippen LogP contribution >= 0.6 is 0 Å². The lowest BCUT2D eigenvalue weighted by Gasteiger charge is -2.08. The molecule has 2 nitrogen and oxygen atoms in total. The summed E-state index contributed by atoms with van der Waals surface area (Å²) in [6.07, 6.45) is 10.8. The lowest BCUT2D eigenvalue weighted by Crippen LogP contribution is -2.08. The third-order valence-corrected chi connectivity index (χ3v) is 3.58. The molecule has 0 spiro atoms. The van der Waals surface area contributed by atoms with Gasteiger partial charge in [0, 0.05) is 5.57 Å². The average Bonchev–Trinajstić information content (AvgIpc) is 2.41. The highest BCUT2D eigenvalue weighted by atomic mass is 16.5. The summed E-state index contributed by atoms with van der Waals surface area (Å²) >= 11 is 0. The van der Waals surface area contributed by atoms with Crippen LogP contribution in [0.1, 0.15) is 85.5 Å². The van der Waals surface area contributed by atoms with Crippen molar-refractivity contribution in [2.75, 3.05) is 6.61 Å². The van der Waals surface area contributed by atoms with Crippen molar-refractivity contribution in [3.05, 3.63) is 11.1 Å². The third-order valence-electron chi connectivity index (χ3n) is 3.58. The van der Waals surface area contributed by atoms with Gasteiger partial charge in [0.2, 0.25) is 0 Å². The average molecular weight is 268 g/mol. The zero-order chi connectivity index (χ0) is 14.5. The summed E-state index contributed by atoms with van der Waals surface area (Å²) in [5, 5.41) is 0. The van der Waals surface area contributed by atoms with E-state index in [2.05, 4.69) is 20.8 Å². The molecule has 0 aliphatic heterocycles. The highest BCUT2D eigenvalue weighted by Gasteiger charge is 2.08. The largest absolute Gasteiger partial charge is 0.462 e. The Morgan fingerprint density at radius 1 is 0.842 bits per heavy atom. The lowest BCUT2D eigenvalue weighted by atomic mass is 10.0. The Morgan fingerprint density at radius 3 is 2.05 bits per heavy atom. The van der Waals surface area contributed by atoms with Crippen molar-refractivity contribution in [1.82, 2.24) is 0 Å².